The number of carbonyl (C=O) groups is 1. The third-order valence-electron chi connectivity index (χ3n) is 2.08. The summed E-state index contributed by atoms with van der Waals surface area (Å²) in [6.07, 6.45) is 1.74. The lowest BCUT2D eigenvalue weighted by atomic mass is 10.0. The number of carbonyl (C=O) groups excluding carboxylic acids is 1. The van der Waals surface area contributed by atoms with Gasteiger partial charge in [0.15, 0.2) is 5.78 Å². The fourth-order valence-corrected chi connectivity index (χ4v) is 1.21. The Hall–Kier alpha value is -1.16. The molecule has 0 radical (unpaired) electrons. The molecule has 0 saturated carbocycles. The predicted octanol–water partition coefficient (Wildman–Crippen LogP) is 0.506. The van der Waals surface area contributed by atoms with Crippen LogP contribution in [0.1, 0.15) is 23.0 Å². The van der Waals surface area contributed by atoms with Gasteiger partial charge < -0.3 is 5.73 Å². The minimum atomic E-state index is -0.122. The molecule has 1 atom stereocenters. The molecule has 1 unspecified atom stereocenters. The Balaban J connectivity index is 2.94. The molecule has 1 aromatic rings. The van der Waals surface area contributed by atoms with Gasteiger partial charge in [-0.2, -0.15) is 5.10 Å². The standard InChI is InChI=1S/C9H15N3O/c1-6(4-10)9(13)8-5-12(3)11-7(8)2/h5-6H,4,10H2,1-3H3. The minimum Gasteiger partial charge on any atom is -0.330 e. The van der Waals surface area contributed by atoms with Gasteiger partial charge in [-0.15, -0.1) is 0 Å². The molecule has 0 aliphatic heterocycles. The highest BCUT2D eigenvalue weighted by Crippen LogP contribution is 2.10. The second-order valence-electron chi connectivity index (χ2n) is 3.30. The van der Waals surface area contributed by atoms with Crippen molar-refractivity contribution < 1.29 is 4.79 Å². The fraction of sp³-hybridized carbons (Fsp3) is 0.556. The predicted molar refractivity (Wildman–Crippen MR) is 50.5 cm³/mol. The maximum absolute atomic E-state index is 11.7. The van der Waals surface area contributed by atoms with Crippen molar-refractivity contribution in [2.75, 3.05) is 6.54 Å². The van der Waals surface area contributed by atoms with E-state index in [1.165, 1.54) is 0 Å². The van der Waals surface area contributed by atoms with Crippen LogP contribution in [-0.4, -0.2) is 22.1 Å². The van der Waals surface area contributed by atoms with Gasteiger partial charge >= 0.3 is 0 Å². The molecule has 1 aromatic heterocycles. The molecule has 0 aromatic carbocycles. The number of nitrogens with zero attached hydrogens (tertiary/aromatic N) is 2. The summed E-state index contributed by atoms with van der Waals surface area (Å²) in [5.74, 6) is -0.0454. The van der Waals surface area contributed by atoms with Gasteiger partial charge in [0.1, 0.15) is 0 Å². The van der Waals surface area contributed by atoms with Gasteiger partial charge in [0.25, 0.3) is 0 Å². The second-order valence-corrected chi connectivity index (χ2v) is 3.30. The smallest absolute Gasteiger partial charge is 0.170 e. The Bertz CT molecular complexity index is 317. The molecule has 1 rings (SSSR count). The Morgan fingerprint density at radius 3 is 2.77 bits per heavy atom. The highest BCUT2D eigenvalue weighted by Gasteiger charge is 2.17. The summed E-state index contributed by atoms with van der Waals surface area (Å²) < 4.78 is 1.64. The topological polar surface area (TPSA) is 60.9 Å². The first kappa shape index (κ1) is 9.92. The molecule has 0 bridgehead atoms. The zero-order valence-electron chi connectivity index (χ0n) is 8.24. The summed E-state index contributed by atoms with van der Waals surface area (Å²) >= 11 is 0. The van der Waals surface area contributed by atoms with E-state index in [1.807, 2.05) is 13.8 Å². The Labute approximate surface area is 77.7 Å². The molecule has 0 spiro atoms. The highest BCUT2D eigenvalue weighted by molar-refractivity contribution is 5.98. The van der Waals surface area contributed by atoms with E-state index in [0.717, 1.165) is 5.69 Å². The molecular formula is C9H15N3O. The van der Waals surface area contributed by atoms with Crippen molar-refractivity contribution in [3.63, 3.8) is 0 Å². The van der Waals surface area contributed by atoms with Crippen LogP contribution in [0.2, 0.25) is 0 Å². The summed E-state index contributed by atoms with van der Waals surface area (Å²) in [6, 6.07) is 0. The molecule has 0 aliphatic rings. The van der Waals surface area contributed by atoms with Gasteiger partial charge in [-0.3, -0.25) is 9.48 Å². The van der Waals surface area contributed by atoms with Crippen LogP contribution in [0.25, 0.3) is 0 Å². The van der Waals surface area contributed by atoms with Crippen molar-refractivity contribution in [2.45, 2.75) is 13.8 Å². The van der Waals surface area contributed by atoms with Crippen molar-refractivity contribution in [3.8, 4) is 0 Å². The molecule has 0 saturated heterocycles. The molecule has 0 amide bonds. The van der Waals surface area contributed by atoms with Crippen LogP contribution in [0.3, 0.4) is 0 Å². The van der Waals surface area contributed by atoms with E-state index >= 15 is 0 Å². The monoisotopic (exact) mass is 181 g/mol. The van der Waals surface area contributed by atoms with Crippen molar-refractivity contribution >= 4 is 5.78 Å². The number of hydrogen-bond acceptors (Lipinski definition) is 3. The molecule has 4 nitrogen and oxygen atoms in total. The number of hydrogen-bond donors (Lipinski definition) is 1. The number of ketones is 1. The van der Waals surface area contributed by atoms with Crippen molar-refractivity contribution in [3.05, 3.63) is 17.5 Å². The van der Waals surface area contributed by atoms with Crippen LogP contribution in [0.5, 0.6) is 0 Å². The van der Waals surface area contributed by atoms with E-state index in [9.17, 15) is 4.79 Å². The molecule has 72 valence electrons. The molecular weight excluding hydrogens is 166 g/mol. The Morgan fingerprint density at radius 1 is 1.77 bits per heavy atom. The van der Waals surface area contributed by atoms with Gasteiger partial charge in [0.2, 0.25) is 0 Å². The van der Waals surface area contributed by atoms with Crippen LogP contribution in [0, 0.1) is 12.8 Å². The number of aryl methyl sites for hydroxylation is 2. The van der Waals surface area contributed by atoms with E-state index < -0.39 is 0 Å². The van der Waals surface area contributed by atoms with E-state index in [-0.39, 0.29) is 11.7 Å². The lowest BCUT2D eigenvalue weighted by Gasteiger charge is -2.04. The average molecular weight is 181 g/mol. The van der Waals surface area contributed by atoms with Gasteiger partial charge in [-0.25, -0.2) is 0 Å². The Morgan fingerprint density at radius 2 is 2.38 bits per heavy atom. The van der Waals surface area contributed by atoms with E-state index in [4.69, 9.17) is 5.73 Å². The van der Waals surface area contributed by atoms with Crippen LogP contribution in [0.15, 0.2) is 6.20 Å². The van der Waals surface area contributed by atoms with Crippen molar-refractivity contribution in [1.29, 1.82) is 0 Å². The van der Waals surface area contributed by atoms with Crippen LogP contribution >= 0.6 is 0 Å². The van der Waals surface area contributed by atoms with E-state index in [1.54, 1.807) is 17.9 Å². The molecule has 2 N–H and O–H groups in total. The third-order valence-corrected chi connectivity index (χ3v) is 2.08. The third kappa shape index (κ3) is 1.95. The largest absolute Gasteiger partial charge is 0.330 e. The second kappa shape index (κ2) is 3.70. The summed E-state index contributed by atoms with van der Waals surface area (Å²) in [6.45, 7) is 4.04. The number of nitrogens with two attached hydrogens (primary N) is 1. The van der Waals surface area contributed by atoms with Crippen molar-refractivity contribution in [2.24, 2.45) is 18.7 Å². The summed E-state index contributed by atoms with van der Waals surface area (Å²) in [5.41, 5.74) is 6.87. The zero-order valence-corrected chi connectivity index (χ0v) is 8.24. The number of aromatic nitrogens is 2. The average Bonchev–Trinajstić information content (AvgIpc) is 2.42. The summed E-state index contributed by atoms with van der Waals surface area (Å²) in [7, 11) is 1.80. The fourth-order valence-electron chi connectivity index (χ4n) is 1.21. The maximum Gasteiger partial charge on any atom is 0.170 e. The number of rotatable bonds is 3. The van der Waals surface area contributed by atoms with Crippen LogP contribution in [-0.2, 0) is 7.05 Å². The molecule has 0 fully saturated rings. The molecule has 13 heavy (non-hydrogen) atoms. The minimum absolute atomic E-state index is 0.0769. The van der Waals surface area contributed by atoms with Gasteiger partial charge in [0.05, 0.1) is 11.3 Å². The summed E-state index contributed by atoms with van der Waals surface area (Å²) in [5, 5.41) is 4.10. The van der Waals surface area contributed by atoms with Crippen LogP contribution in [0.4, 0.5) is 0 Å². The van der Waals surface area contributed by atoms with Gasteiger partial charge in [0, 0.05) is 25.7 Å². The normalized spacial score (nSPS) is 12.9. The van der Waals surface area contributed by atoms with E-state index in [2.05, 4.69) is 5.10 Å². The summed E-state index contributed by atoms with van der Waals surface area (Å²) in [4.78, 5) is 11.7. The molecule has 4 heteroatoms. The molecule has 1 heterocycles. The molecule has 0 aliphatic carbocycles. The Kier molecular flexibility index (Phi) is 2.83. The number of Topliss-reactive ketones (excluding diaryl/α,β-unsaturated/α-hetero) is 1. The first-order valence-corrected chi connectivity index (χ1v) is 4.30. The lowest BCUT2D eigenvalue weighted by molar-refractivity contribution is 0.0933. The highest BCUT2D eigenvalue weighted by atomic mass is 16.1. The SMILES string of the molecule is Cc1nn(C)cc1C(=O)C(C)CN. The van der Waals surface area contributed by atoms with Crippen LogP contribution < -0.4 is 5.73 Å². The maximum atomic E-state index is 11.7. The lowest BCUT2D eigenvalue weighted by Crippen LogP contribution is -2.20. The van der Waals surface area contributed by atoms with Gasteiger partial charge in [-0.1, -0.05) is 6.92 Å². The quantitative estimate of drug-likeness (QED) is 0.691. The van der Waals surface area contributed by atoms with E-state index in [0.29, 0.717) is 12.1 Å². The first-order chi connectivity index (χ1) is 6.06. The first-order valence-electron chi connectivity index (χ1n) is 4.30. The zero-order chi connectivity index (χ0) is 10.0. The van der Waals surface area contributed by atoms with Gasteiger partial charge in [-0.05, 0) is 6.92 Å². The van der Waals surface area contributed by atoms with Crippen molar-refractivity contribution in [1.82, 2.24) is 9.78 Å².